The number of aryl methyl sites for hydroxylation is 1. The van der Waals surface area contributed by atoms with E-state index in [0.717, 1.165) is 12.1 Å². The van der Waals surface area contributed by atoms with Crippen LogP contribution in [0.2, 0.25) is 0 Å². The van der Waals surface area contributed by atoms with E-state index in [0.29, 0.717) is 31.5 Å². The van der Waals surface area contributed by atoms with E-state index in [-0.39, 0.29) is 18.9 Å². The Balaban J connectivity index is 2.50. The minimum absolute atomic E-state index is 0.0410. The van der Waals surface area contributed by atoms with Crippen LogP contribution in [-0.2, 0) is 11.2 Å². The van der Waals surface area contributed by atoms with Crippen LogP contribution in [0.25, 0.3) is 0 Å². The Bertz CT molecular complexity index is 424. The molecule has 106 valence electrons. The summed E-state index contributed by atoms with van der Waals surface area (Å²) in [7, 11) is 0. The maximum absolute atomic E-state index is 13.0. The van der Waals surface area contributed by atoms with E-state index >= 15 is 0 Å². The van der Waals surface area contributed by atoms with Gasteiger partial charge in [0.1, 0.15) is 0 Å². The summed E-state index contributed by atoms with van der Waals surface area (Å²) in [5.74, 6) is -1.81. The quantitative estimate of drug-likeness (QED) is 0.825. The lowest BCUT2D eigenvalue weighted by Crippen LogP contribution is -2.32. The molecule has 0 spiro atoms. The Morgan fingerprint density at radius 3 is 2.63 bits per heavy atom. The third-order valence-corrected chi connectivity index (χ3v) is 2.93. The summed E-state index contributed by atoms with van der Waals surface area (Å²) in [5.41, 5.74) is 0.602. The van der Waals surface area contributed by atoms with Gasteiger partial charge in [0.25, 0.3) is 0 Å². The molecule has 1 N–H and O–H groups in total. The van der Waals surface area contributed by atoms with Gasteiger partial charge in [0.05, 0.1) is 0 Å². The van der Waals surface area contributed by atoms with Crippen molar-refractivity contribution in [3.8, 4) is 0 Å². The SMILES string of the molecule is CCN(CCCO)C(=O)CCc1ccc(F)c(F)c1. The minimum Gasteiger partial charge on any atom is -0.396 e. The van der Waals surface area contributed by atoms with Gasteiger partial charge in [-0.05, 0) is 37.5 Å². The third kappa shape index (κ3) is 4.95. The van der Waals surface area contributed by atoms with Crippen LogP contribution in [0, 0.1) is 11.6 Å². The first-order valence-electron chi connectivity index (χ1n) is 6.41. The minimum atomic E-state index is -0.891. The molecule has 0 aromatic heterocycles. The largest absolute Gasteiger partial charge is 0.396 e. The zero-order chi connectivity index (χ0) is 14.3. The fraction of sp³-hybridized carbons (Fsp3) is 0.500. The first kappa shape index (κ1) is 15.6. The molecule has 0 bridgehead atoms. The van der Waals surface area contributed by atoms with Crippen LogP contribution >= 0.6 is 0 Å². The third-order valence-electron chi connectivity index (χ3n) is 2.93. The van der Waals surface area contributed by atoms with Gasteiger partial charge in [0.2, 0.25) is 5.91 Å². The average molecular weight is 271 g/mol. The molecule has 0 aliphatic carbocycles. The number of hydrogen-bond acceptors (Lipinski definition) is 2. The predicted molar refractivity (Wildman–Crippen MR) is 68.6 cm³/mol. The van der Waals surface area contributed by atoms with Crippen LogP contribution in [0.15, 0.2) is 18.2 Å². The van der Waals surface area contributed by atoms with Crippen molar-refractivity contribution in [3.63, 3.8) is 0 Å². The number of amides is 1. The van der Waals surface area contributed by atoms with Gasteiger partial charge in [-0.25, -0.2) is 8.78 Å². The molecule has 0 radical (unpaired) electrons. The molecule has 0 atom stereocenters. The van der Waals surface area contributed by atoms with E-state index in [1.165, 1.54) is 6.07 Å². The highest BCUT2D eigenvalue weighted by molar-refractivity contribution is 5.76. The van der Waals surface area contributed by atoms with Crippen molar-refractivity contribution >= 4 is 5.91 Å². The van der Waals surface area contributed by atoms with Gasteiger partial charge in [0.15, 0.2) is 11.6 Å². The number of nitrogens with zero attached hydrogens (tertiary/aromatic N) is 1. The Labute approximate surface area is 111 Å². The van der Waals surface area contributed by atoms with Crippen LogP contribution in [0.5, 0.6) is 0 Å². The van der Waals surface area contributed by atoms with Gasteiger partial charge in [-0.2, -0.15) is 0 Å². The lowest BCUT2D eigenvalue weighted by Gasteiger charge is -2.20. The molecule has 1 rings (SSSR count). The zero-order valence-electron chi connectivity index (χ0n) is 11.0. The van der Waals surface area contributed by atoms with E-state index in [4.69, 9.17) is 5.11 Å². The topological polar surface area (TPSA) is 40.5 Å². The molecule has 0 saturated heterocycles. The number of rotatable bonds is 7. The number of benzene rings is 1. The molecule has 0 aliphatic heterocycles. The Hall–Kier alpha value is -1.49. The molecule has 5 heteroatoms. The smallest absolute Gasteiger partial charge is 0.222 e. The summed E-state index contributed by atoms with van der Waals surface area (Å²) in [5, 5.41) is 8.74. The first-order valence-corrected chi connectivity index (χ1v) is 6.41. The Kier molecular flexibility index (Phi) is 6.42. The fourth-order valence-electron chi connectivity index (χ4n) is 1.83. The summed E-state index contributed by atoms with van der Waals surface area (Å²) < 4.78 is 25.7. The van der Waals surface area contributed by atoms with Crippen molar-refractivity contribution in [1.82, 2.24) is 4.90 Å². The number of carbonyl (C=O) groups is 1. The molecule has 0 heterocycles. The van der Waals surface area contributed by atoms with Gasteiger partial charge < -0.3 is 10.0 Å². The summed E-state index contributed by atoms with van der Waals surface area (Å²) in [6.07, 6.45) is 1.18. The molecular formula is C14H19F2NO2. The highest BCUT2D eigenvalue weighted by atomic mass is 19.2. The molecule has 0 unspecified atom stereocenters. The van der Waals surface area contributed by atoms with E-state index in [1.807, 2.05) is 6.92 Å². The monoisotopic (exact) mass is 271 g/mol. The van der Waals surface area contributed by atoms with Crippen LogP contribution < -0.4 is 0 Å². The second kappa shape index (κ2) is 7.84. The Morgan fingerprint density at radius 2 is 2.05 bits per heavy atom. The lowest BCUT2D eigenvalue weighted by molar-refractivity contribution is -0.131. The molecule has 19 heavy (non-hydrogen) atoms. The molecule has 3 nitrogen and oxygen atoms in total. The van der Waals surface area contributed by atoms with Crippen LogP contribution in [0.3, 0.4) is 0 Å². The van der Waals surface area contributed by atoms with Crippen LogP contribution in [-0.4, -0.2) is 35.6 Å². The summed E-state index contributed by atoms with van der Waals surface area (Å²) in [6.45, 7) is 3.01. The standard InChI is InChI=1S/C14H19F2NO2/c1-2-17(8-3-9-18)14(19)7-5-11-4-6-12(15)13(16)10-11/h4,6,10,18H,2-3,5,7-9H2,1H3. The lowest BCUT2D eigenvalue weighted by atomic mass is 10.1. The normalized spacial score (nSPS) is 10.5. The average Bonchev–Trinajstić information content (AvgIpc) is 2.41. The predicted octanol–water partition coefficient (Wildman–Crippen LogP) is 2.13. The number of carbonyl (C=O) groups excluding carboxylic acids is 1. The van der Waals surface area contributed by atoms with Crippen molar-refractivity contribution in [2.24, 2.45) is 0 Å². The molecule has 1 amide bonds. The molecular weight excluding hydrogens is 252 g/mol. The van der Waals surface area contributed by atoms with E-state index in [1.54, 1.807) is 4.90 Å². The molecule has 1 aromatic rings. The van der Waals surface area contributed by atoms with Crippen molar-refractivity contribution in [1.29, 1.82) is 0 Å². The second-order valence-corrected chi connectivity index (χ2v) is 4.30. The highest BCUT2D eigenvalue weighted by Crippen LogP contribution is 2.11. The summed E-state index contributed by atoms with van der Waals surface area (Å²) in [4.78, 5) is 13.5. The molecule has 0 fully saturated rings. The summed E-state index contributed by atoms with van der Waals surface area (Å²) in [6, 6.07) is 3.67. The number of aliphatic hydroxyl groups excluding tert-OH is 1. The fourth-order valence-corrected chi connectivity index (χ4v) is 1.83. The van der Waals surface area contributed by atoms with Crippen LogP contribution in [0.1, 0.15) is 25.3 Å². The van der Waals surface area contributed by atoms with Crippen molar-refractivity contribution < 1.29 is 18.7 Å². The van der Waals surface area contributed by atoms with Crippen molar-refractivity contribution in [2.75, 3.05) is 19.7 Å². The number of halogens is 2. The van der Waals surface area contributed by atoms with Gasteiger partial charge in [-0.3, -0.25) is 4.79 Å². The van der Waals surface area contributed by atoms with Gasteiger partial charge in [-0.1, -0.05) is 6.07 Å². The molecule has 0 aliphatic rings. The second-order valence-electron chi connectivity index (χ2n) is 4.30. The van der Waals surface area contributed by atoms with E-state index in [2.05, 4.69) is 0 Å². The Morgan fingerprint density at radius 1 is 1.32 bits per heavy atom. The maximum Gasteiger partial charge on any atom is 0.222 e. The van der Waals surface area contributed by atoms with Crippen molar-refractivity contribution in [3.05, 3.63) is 35.4 Å². The van der Waals surface area contributed by atoms with E-state index < -0.39 is 11.6 Å². The number of aliphatic hydroxyl groups is 1. The number of hydrogen-bond donors (Lipinski definition) is 1. The molecule has 1 aromatic carbocycles. The molecule has 0 saturated carbocycles. The zero-order valence-corrected chi connectivity index (χ0v) is 11.0. The summed E-state index contributed by atoms with van der Waals surface area (Å²) >= 11 is 0. The van der Waals surface area contributed by atoms with E-state index in [9.17, 15) is 13.6 Å². The van der Waals surface area contributed by atoms with Gasteiger partial charge >= 0.3 is 0 Å². The highest BCUT2D eigenvalue weighted by Gasteiger charge is 2.11. The van der Waals surface area contributed by atoms with Gasteiger partial charge in [0, 0.05) is 26.1 Å². The van der Waals surface area contributed by atoms with Crippen molar-refractivity contribution in [2.45, 2.75) is 26.2 Å². The van der Waals surface area contributed by atoms with Crippen LogP contribution in [0.4, 0.5) is 8.78 Å². The first-order chi connectivity index (χ1) is 9.08. The van der Waals surface area contributed by atoms with Gasteiger partial charge in [-0.15, -0.1) is 0 Å². The maximum atomic E-state index is 13.0.